The van der Waals surface area contributed by atoms with Crippen molar-refractivity contribution >= 4 is 20.9 Å². The van der Waals surface area contributed by atoms with Crippen LogP contribution in [-0.2, 0) is 36.7 Å². The van der Waals surface area contributed by atoms with Crippen molar-refractivity contribution in [3.05, 3.63) is 30.4 Å². The number of aryl methyl sites for hydroxylation is 1. The molecular formula is C19H17F6N7O2S. The molecule has 0 spiro atoms. The van der Waals surface area contributed by atoms with Gasteiger partial charge in [-0.25, -0.2) is 23.4 Å². The third-order valence-corrected chi connectivity index (χ3v) is 7.04. The van der Waals surface area contributed by atoms with Crippen LogP contribution in [0.15, 0.2) is 29.7 Å². The van der Waals surface area contributed by atoms with Gasteiger partial charge in [-0.2, -0.15) is 31.4 Å². The Morgan fingerprint density at radius 2 is 1.66 bits per heavy atom. The average molecular weight is 521 g/mol. The zero-order valence-corrected chi connectivity index (χ0v) is 19.2. The van der Waals surface area contributed by atoms with E-state index in [0.29, 0.717) is 4.68 Å². The second-order valence-corrected chi connectivity index (χ2v) is 9.84. The number of aromatic nitrogens is 7. The number of halogens is 6. The van der Waals surface area contributed by atoms with Gasteiger partial charge in [0, 0.05) is 20.3 Å². The summed E-state index contributed by atoms with van der Waals surface area (Å²) in [4.78, 5) is 11.9. The highest BCUT2D eigenvalue weighted by molar-refractivity contribution is 7.91. The average Bonchev–Trinajstić information content (AvgIpc) is 3.42. The molecule has 4 aromatic rings. The highest BCUT2D eigenvalue weighted by atomic mass is 32.2. The summed E-state index contributed by atoms with van der Waals surface area (Å²) in [6.45, 7) is 0.0330. The molecule has 4 aromatic heterocycles. The molecular weight excluding hydrogens is 504 g/mol. The van der Waals surface area contributed by atoms with Crippen LogP contribution in [0.4, 0.5) is 26.3 Å². The smallest absolute Gasteiger partial charge is 0.324 e. The van der Waals surface area contributed by atoms with E-state index < -0.39 is 34.4 Å². The van der Waals surface area contributed by atoms with E-state index in [4.69, 9.17) is 0 Å². The van der Waals surface area contributed by atoms with Gasteiger partial charge in [-0.05, 0) is 6.07 Å². The second kappa shape index (κ2) is 8.07. The number of sulfone groups is 1. The Morgan fingerprint density at radius 3 is 2.26 bits per heavy atom. The van der Waals surface area contributed by atoms with Crippen LogP contribution < -0.4 is 0 Å². The van der Waals surface area contributed by atoms with E-state index in [9.17, 15) is 34.8 Å². The molecule has 35 heavy (non-hydrogen) atoms. The summed E-state index contributed by atoms with van der Waals surface area (Å²) in [6.07, 6.45) is -6.10. The van der Waals surface area contributed by atoms with E-state index in [1.807, 2.05) is 0 Å². The normalized spacial score (nSPS) is 13.2. The van der Waals surface area contributed by atoms with Crippen LogP contribution in [0.25, 0.3) is 33.9 Å². The maximum absolute atomic E-state index is 13.1. The van der Waals surface area contributed by atoms with E-state index in [2.05, 4.69) is 20.1 Å². The van der Waals surface area contributed by atoms with Crippen molar-refractivity contribution in [1.29, 1.82) is 0 Å². The summed E-state index contributed by atoms with van der Waals surface area (Å²) in [5.74, 6) is -0.407. The fraction of sp³-hybridized carbons (Fsp3) is 0.368. The van der Waals surface area contributed by atoms with Gasteiger partial charge < -0.3 is 9.13 Å². The Bertz CT molecular complexity index is 1530. The maximum atomic E-state index is 13.1. The fourth-order valence-corrected chi connectivity index (χ4v) is 4.79. The number of alkyl halides is 6. The highest BCUT2D eigenvalue weighted by Gasteiger charge is 2.34. The molecule has 0 aliphatic rings. The summed E-state index contributed by atoms with van der Waals surface area (Å²) in [6, 6.07) is 0.734. The first-order valence-electron chi connectivity index (χ1n) is 9.91. The van der Waals surface area contributed by atoms with Crippen molar-refractivity contribution in [2.24, 2.45) is 14.1 Å². The lowest BCUT2D eigenvalue weighted by Crippen LogP contribution is -2.17. The van der Waals surface area contributed by atoms with Gasteiger partial charge in [0.05, 0.1) is 34.7 Å². The van der Waals surface area contributed by atoms with Gasteiger partial charge in [-0.1, -0.05) is 6.92 Å². The van der Waals surface area contributed by atoms with Crippen LogP contribution in [0.1, 0.15) is 12.6 Å². The van der Waals surface area contributed by atoms with Crippen molar-refractivity contribution in [2.75, 3.05) is 5.75 Å². The molecule has 0 fully saturated rings. The molecule has 9 nitrogen and oxygen atoms in total. The quantitative estimate of drug-likeness (QED) is 0.372. The Labute approximate surface area is 194 Å². The number of rotatable bonds is 5. The maximum Gasteiger partial charge on any atom is 0.433 e. The molecule has 16 heteroatoms. The molecule has 0 N–H and O–H groups in total. The zero-order valence-electron chi connectivity index (χ0n) is 18.3. The van der Waals surface area contributed by atoms with Crippen molar-refractivity contribution in [3.8, 4) is 22.9 Å². The molecule has 4 heterocycles. The molecule has 0 radical (unpaired) electrons. The molecule has 0 aliphatic carbocycles. The minimum atomic E-state index is -4.71. The van der Waals surface area contributed by atoms with Gasteiger partial charge in [0.15, 0.2) is 20.7 Å². The van der Waals surface area contributed by atoms with Crippen LogP contribution in [0.5, 0.6) is 0 Å². The van der Waals surface area contributed by atoms with Crippen molar-refractivity contribution in [2.45, 2.75) is 30.8 Å². The number of pyridine rings is 1. The minimum Gasteiger partial charge on any atom is -0.324 e. The van der Waals surface area contributed by atoms with Gasteiger partial charge in [0.1, 0.15) is 23.8 Å². The van der Waals surface area contributed by atoms with Crippen LogP contribution in [0.2, 0.25) is 0 Å². The van der Waals surface area contributed by atoms with E-state index in [1.54, 1.807) is 0 Å². The lowest BCUT2D eigenvalue weighted by atomic mass is 10.3. The van der Waals surface area contributed by atoms with Crippen molar-refractivity contribution < 1.29 is 34.8 Å². The first-order chi connectivity index (χ1) is 16.1. The number of hydrogen-bond acceptors (Lipinski definition) is 6. The molecule has 0 bridgehead atoms. The summed E-state index contributed by atoms with van der Waals surface area (Å²) in [5.41, 5.74) is -1.13. The van der Waals surface area contributed by atoms with E-state index in [-0.39, 0.29) is 44.7 Å². The molecule has 0 aromatic carbocycles. The number of imidazole rings is 2. The third-order valence-electron chi connectivity index (χ3n) is 5.22. The van der Waals surface area contributed by atoms with Gasteiger partial charge in [0.2, 0.25) is 0 Å². The topological polar surface area (TPSA) is 100 Å². The van der Waals surface area contributed by atoms with Crippen LogP contribution >= 0.6 is 0 Å². The lowest BCUT2D eigenvalue weighted by molar-refractivity contribution is -0.143. The molecule has 4 rings (SSSR count). The summed E-state index contributed by atoms with van der Waals surface area (Å²) < 4.78 is 106. The second-order valence-electron chi connectivity index (χ2n) is 7.64. The summed E-state index contributed by atoms with van der Waals surface area (Å²) in [7, 11) is -1.14. The van der Waals surface area contributed by atoms with E-state index in [0.717, 1.165) is 24.7 Å². The van der Waals surface area contributed by atoms with Crippen molar-refractivity contribution in [1.82, 2.24) is 33.9 Å². The SMILES string of the molecule is CCS(=O)(=O)c1c(-c2nc3cc(C(F)(F)F)ncc3n2C)nc(-c2cnn(CC(F)(F)F)c2)n1C. The van der Waals surface area contributed by atoms with Crippen LogP contribution in [0.3, 0.4) is 0 Å². The minimum absolute atomic E-state index is 0.0124. The molecule has 0 aliphatic heterocycles. The first kappa shape index (κ1) is 24.7. The summed E-state index contributed by atoms with van der Waals surface area (Å²) >= 11 is 0. The lowest BCUT2D eigenvalue weighted by Gasteiger charge is -2.07. The summed E-state index contributed by atoms with van der Waals surface area (Å²) in [5, 5.41) is 3.37. The van der Waals surface area contributed by atoms with E-state index >= 15 is 0 Å². The molecule has 0 unspecified atom stereocenters. The monoisotopic (exact) mass is 521 g/mol. The predicted octanol–water partition coefficient (Wildman–Crippen LogP) is 3.61. The Kier molecular flexibility index (Phi) is 5.69. The molecule has 0 saturated carbocycles. The number of nitrogens with zero attached hydrogens (tertiary/aromatic N) is 7. The fourth-order valence-electron chi connectivity index (χ4n) is 3.58. The molecule has 0 atom stereocenters. The largest absolute Gasteiger partial charge is 0.433 e. The standard InChI is InChI=1S/C19H17F6N7O2S/c1-4-35(33,34)17-14(16-28-11-5-13(19(23,24)25)26-7-12(11)30(16)2)29-15(31(17)3)10-6-27-32(8-10)9-18(20,21)22/h5-8H,4,9H2,1-3H3. The zero-order chi connectivity index (χ0) is 25.9. The van der Waals surface area contributed by atoms with Gasteiger partial charge in [0.25, 0.3) is 0 Å². The number of fused-ring (bicyclic) bond motifs is 1. The van der Waals surface area contributed by atoms with E-state index in [1.165, 1.54) is 30.2 Å². The van der Waals surface area contributed by atoms with Crippen LogP contribution in [0, 0.1) is 0 Å². The predicted molar refractivity (Wildman–Crippen MR) is 111 cm³/mol. The highest BCUT2D eigenvalue weighted by Crippen LogP contribution is 2.35. The Morgan fingerprint density at radius 1 is 0.971 bits per heavy atom. The third kappa shape index (κ3) is 4.49. The van der Waals surface area contributed by atoms with Gasteiger partial charge >= 0.3 is 12.4 Å². The van der Waals surface area contributed by atoms with Crippen LogP contribution in [-0.4, -0.2) is 54.2 Å². The molecule has 0 amide bonds. The Balaban J connectivity index is 1.93. The van der Waals surface area contributed by atoms with Gasteiger partial charge in [-0.3, -0.25) is 4.68 Å². The van der Waals surface area contributed by atoms with Gasteiger partial charge in [-0.15, -0.1) is 0 Å². The first-order valence-corrected chi connectivity index (χ1v) is 11.6. The molecule has 188 valence electrons. The molecule has 0 saturated heterocycles. The number of hydrogen-bond donors (Lipinski definition) is 0. The van der Waals surface area contributed by atoms with Crippen molar-refractivity contribution in [3.63, 3.8) is 0 Å². The Hall–Kier alpha value is -3.43.